The molecule has 1 aromatic heterocycles. The molecule has 0 fully saturated rings. The van der Waals surface area contributed by atoms with Crippen molar-refractivity contribution in [1.82, 2.24) is 14.8 Å². The smallest absolute Gasteiger partial charge is 0.196 e. The van der Waals surface area contributed by atoms with Crippen LogP contribution in [0.5, 0.6) is 0 Å². The summed E-state index contributed by atoms with van der Waals surface area (Å²) in [5.74, 6) is 1.62. The molecule has 0 saturated heterocycles. The molecular formula is C17H16ClN3OS. The minimum Gasteiger partial charge on any atom is -0.384 e. The van der Waals surface area contributed by atoms with E-state index in [4.69, 9.17) is 16.3 Å². The van der Waals surface area contributed by atoms with Gasteiger partial charge in [0.15, 0.2) is 11.0 Å². The summed E-state index contributed by atoms with van der Waals surface area (Å²) in [4.78, 5) is 0. The lowest BCUT2D eigenvalue weighted by molar-refractivity contribution is 0.218. The quantitative estimate of drug-likeness (QED) is 0.492. The van der Waals surface area contributed by atoms with E-state index >= 15 is 0 Å². The number of halogens is 1. The summed E-state index contributed by atoms with van der Waals surface area (Å²) in [6.07, 6.45) is 0. The fourth-order valence-electron chi connectivity index (χ4n) is 2.18. The first-order valence-corrected chi connectivity index (χ1v) is 8.54. The highest BCUT2D eigenvalue weighted by Crippen LogP contribution is 2.28. The second-order valence-electron chi connectivity index (χ2n) is 4.83. The number of methoxy groups -OCH3 is 1. The lowest BCUT2D eigenvalue weighted by Crippen LogP contribution is -2.01. The van der Waals surface area contributed by atoms with E-state index in [0.717, 1.165) is 28.0 Å². The number of rotatable bonds is 6. The molecule has 0 aliphatic carbocycles. The van der Waals surface area contributed by atoms with E-state index in [2.05, 4.69) is 14.8 Å². The summed E-state index contributed by atoms with van der Waals surface area (Å²) in [5, 5.41) is 10.3. The molecule has 0 spiro atoms. The third-order valence-corrected chi connectivity index (χ3v) is 4.41. The molecule has 0 saturated carbocycles. The molecule has 0 bridgehead atoms. The monoisotopic (exact) mass is 345 g/mol. The van der Waals surface area contributed by atoms with Crippen LogP contribution in [0.25, 0.3) is 17.1 Å². The number of hydrogen-bond acceptors (Lipinski definition) is 4. The number of para-hydroxylation sites is 1. The third kappa shape index (κ3) is 3.75. The van der Waals surface area contributed by atoms with E-state index in [9.17, 15) is 0 Å². The second kappa shape index (κ2) is 7.64. The van der Waals surface area contributed by atoms with E-state index < -0.39 is 0 Å². The minimum atomic E-state index is 0.669. The first-order valence-electron chi connectivity index (χ1n) is 7.18. The van der Waals surface area contributed by atoms with Gasteiger partial charge < -0.3 is 4.74 Å². The molecular weight excluding hydrogens is 330 g/mol. The topological polar surface area (TPSA) is 39.9 Å². The standard InChI is InChI=1S/C17H16ClN3OS/c1-22-11-12-23-17-20-19-16(13-7-9-14(18)10-8-13)21(17)15-5-3-2-4-6-15/h2-10H,11-12H2,1H3. The highest BCUT2D eigenvalue weighted by Gasteiger charge is 2.15. The van der Waals surface area contributed by atoms with Gasteiger partial charge in [-0.3, -0.25) is 4.57 Å². The highest BCUT2D eigenvalue weighted by molar-refractivity contribution is 7.99. The number of hydrogen-bond donors (Lipinski definition) is 0. The normalized spacial score (nSPS) is 10.9. The van der Waals surface area contributed by atoms with E-state index in [1.165, 1.54) is 0 Å². The first kappa shape index (κ1) is 16.1. The van der Waals surface area contributed by atoms with Crippen LogP contribution in [-0.2, 0) is 4.74 Å². The van der Waals surface area contributed by atoms with Crippen LogP contribution in [0.15, 0.2) is 59.8 Å². The Bertz CT molecular complexity index is 759. The number of nitrogens with zero attached hydrogens (tertiary/aromatic N) is 3. The maximum absolute atomic E-state index is 5.98. The van der Waals surface area contributed by atoms with Gasteiger partial charge in [0, 0.05) is 29.1 Å². The van der Waals surface area contributed by atoms with E-state index in [0.29, 0.717) is 11.6 Å². The van der Waals surface area contributed by atoms with Crippen LogP contribution in [0.2, 0.25) is 5.02 Å². The van der Waals surface area contributed by atoms with Crippen LogP contribution in [-0.4, -0.2) is 34.2 Å². The zero-order chi connectivity index (χ0) is 16.1. The van der Waals surface area contributed by atoms with Crippen molar-refractivity contribution in [2.24, 2.45) is 0 Å². The summed E-state index contributed by atoms with van der Waals surface area (Å²) >= 11 is 7.61. The molecule has 4 nitrogen and oxygen atoms in total. The Morgan fingerprint density at radius 2 is 1.78 bits per heavy atom. The van der Waals surface area contributed by atoms with Gasteiger partial charge in [0.25, 0.3) is 0 Å². The molecule has 0 atom stereocenters. The van der Waals surface area contributed by atoms with Gasteiger partial charge in [0.05, 0.1) is 6.61 Å². The van der Waals surface area contributed by atoms with Gasteiger partial charge in [0.1, 0.15) is 0 Å². The molecule has 0 aliphatic rings. The van der Waals surface area contributed by atoms with Gasteiger partial charge >= 0.3 is 0 Å². The number of ether oxygens (including phenoxy) is 1. The number of thioether (sulfide) groups is 1. The average Bonchev–Trinajstić information content (AvgIpc) is 3.00. The summed E-state index contributed by atoms with van der Waals surface area (Å²) in [7, 11) is 1.70. The van der Waals surface area contributed by atoms with Crippen molar-refractivity contribution in [3.8, 4) is 17.1 Å². The van der Waals surface area contributed by atoms with Crippen LogP contribution in [0.3, 0.4) is 0 Å². The molecule has 0 radical (unpaired) electrons. The SMILES string of the molecule is COCCSc1nnc(-c2ccc(Cl)cc2)n1-c1ccccc1. The predicted molar refractivity (Wildman–Crippen MR) is 94.4 cm³/mol. The van der Waals surface area contributed by atoms with Crippen molar-refractivity contribution in [3.63, 3.8) is 0 Å². The summed E-state index contributed by atoms with van der Waals surface area (Å²) < 4.78 is 7.18. The van der Waals surface area contributed by atoms with Crippen molar-refractivity contribution in [1.29, 1.82) is 0 Å². The minimum absolute atomic E-state index is 0.669. The second-order valence-corrected chi connectivity index (χ2v) is 6.32. The molecule has 0 amide bonds. The zero-order valence-corrected chi connectivity index (χ0v) is 14.2. The lowest BCUT2D eigenvalue weighted by atomic mass is 10.2. The molecule has 6 heteroatoms. The molecule has 3 aromatic rings. The number of aromatic nitrogens is 3. The van der Waals surface area contributed by atoms with Crippen molar-refractivity contribution in [3.05, 3.63) is 59.6 Å². The predicted octanol–water partition coefficient (Wildman–Crippen LogP) is 4.33. The van der Waals surface area contributed by atoms with Crippen molar-refractivity contribution in [2.45, 2.75) is 5.16 Å². The Labute approximate surface area is 144 Å². The summed E-state index contributed by atoms with van der Waals surface area (Å²) in [5.41, 5.74) is 2.01. The van der Waals surface area contributed by atoms with Crippen LogP contribution < -0.4 is 0 Å². The van der Waals surface area contributed by atoms with E-state index in [1.54, 1.807) is 18.9 Å². The largest absolute Gasteiger partial charge is 0.384 e. The zero-order valence-electron chi connectivity index (χ0n) is 12.6. The van der Waals surface area contributed by atoms with E-state index in [-0.39, 0.29) is 0 Å². The Morgan fingerprint density at radius 3 is 2.48 bits per heavy atom. The van der Waals surface area contributed by atoms with Gasteiger partial charge in [-0.2, -0.15) is 0 Å². The number of benzene rings is 2. The third-order valence-electron chi connectivity index (χ3n) is 3.27. The molecule has 0 aliphatic heterocycles. The maximum atomic E-state index is 5.98. The Balaban J connectivity index is 2.04. The lowest BCUT2D eigenvalue weighted by Gasteiger charge is -2.10. The molecule has 1 heterocycles. The van der Waals surface area contributed by atoms with Crippen LogP contribution in [0.1, 0.15) is 0 Å². The van der Waals surface area contributed by atoms with Gasteiger partial charge in [-0.1, -0.05) is 41.6 Å². The molecule has 3 rings (SSSR count). The van der Waals surface area contributed by atoms with Crippen LogP contribution in [0, 0.1) is 0 Å². The molecule has 118 valence electrons. The van der Waals surface area contributed by atoms with Crippen molar-refractivity contribution < 1.29 is 4.74 Å². The Morgan fingerprint density at radius 1 is 1.04 bits per heavy atom. The highest BCUT2D eigenvalue weighted by atomic mass is 35.5. The molecule has 2 aromatic carbocycles. The van der Waals surface area contributed by atoms with Crippen LogP contribution >= 0.6 is 23.4 Å². The Kier molecular flexibility index (Phi) is 5.33. The van der Waals surface area contributed by atoms with Crippen LogP contribution in [0.4, 0.5) is 0 Å². The van der Waals surface area contributed by atoms with Crippen molar-refractivity contribution >= 4 is 23.4 Å². The molecule has 0 N–H and O–H groups in total. The van der Waals surface area contributed by atoms with Gasteiger partial charge in [-0.25, -0.2) is 0 Å². The fourth-order valence-corrected chi connectivity index (χ4v) is 3.15. The summed E-state index contributed by atoms with van der Waals surface area (Å²) in [6.45, 7) is 0.669. The summed E-state index contributed by atoms with van der Waals surface area (Å²) in [6, 6.07) is 17.7. The van der Waals surface area contributed by atoms with Gasteiger partial charge in [0.2, 0.25) is 0 Å². The fraction of sp³-hybridized carbons (Fsp3) is 0.176. The Hall–Kier alpha value is -1.82. The van der Waals surface area contributed by atoms with Gasteiger partial charge in [-0.05, 0) is 36.4 Å². The van der Waals surface area contributed by atoms with Gasteiger partial charge in [-0.15, -0.1) is 10.2 Å². The maximum Gasteiger partial charge on any atom is 0.196 e. The average molecular weight is 346 g/mol. The first-order chi connectivity index (χ1) is 11.3. The molecule has 0 unspecified atom stereocenters. The van der Waals surface area contributed by atoms with E-state index in [1.807, 2.05) is 54.6 Å². The van der Waals surface area contributed by atoms with Crippen molar-refractivity contribution in [2.75, 3.05) is 19.5 Å². The molecule has 23 heavy (non-hydrogen) atoms.